The summed E-state index contributed by atoms with van der Waals surface area (Å²) < 4.78 is 10.4. The van der Waals surface area contributed by atoms with Gasteiger partial charge in [0.2, 0.25) is 5.91 Å². The lowest BCUT2D eigenvalue weighted by Crippen LogP contribution is -2.32. The van der Waals surface area contributed by atoms with Crippen LogP contribution >= 0.6 is 11.6 Å². The van der Waals surface area contributed by atoms with E-state index in [0.29, 0.717) is 34.3 Å². The van der Waals surface area contributed by atoms with Gasteiger partial charge in [0.1, 0.15) is 0 Å². The molecule has 0 radical (unpaired) electrons. The van der Waals surface area contributed by atoms with E-state index in [1.165, 1.54) is 6.42 Å². The topological polar surface area (TPSA) is 59.6 Å². The van der Waals surface area contributed by atoms with Crippen molar-refractivity contribution in [1.82, 2.24) is 5.32 Å². The van der Waals surface area contributed by atoms with Crippen LogP contribution in [0.1, 0.15) is 19.3 Å². The quantitative estimate of drug-likeness (QED) is 0.897. The highest BCUT2D eigenvalue weighted by Gasteiger charge is 2.42. The Kier molecular flexibility index (Phi) is 3.95. The van der Waals surface area contributed by atoms with Gasteiger partial charge in [-0.25, -0.2) is 0 Å². The van der Waals surface area contributed by atoms with Crippen molar-refractivity contribution in [3.8, 4) is 11.5 Å². The molecule has 2 aliphatic rings. The maximum absolute atomic E-state index is 12.4. The van der Waals surface area contributed by atoms with Gasteiger partial charge in [0, 0.05) is 24.2 Å². The Labute approximate surface area is 128 Å². The van der Waals surface area contributed by atoms with E-state index in [9.17, 15) is 4.79 Å². The van der Waals surface area contributed by atoms with Crippen LogP contribution in [-0.4, -0.2) is 32.2 Å². The molecule has 2 bridgehead atoms. The normalized spacial score (nSPS) is 26.7. The third-order valence-corrected chi connectivity index (χ3v) is 4.68. The first-order valence-electron chi connectivity index (χ1n) is 7.10. The van der Waals surface area contributed by atoms with E-state index in [4.69, 9.17) is 21.1 Å². The number of rotatable bonds is 4. The SMILES string of the molecule is COc1cc(Cl)c(NC(=O)C2CC3CCC2N3)cc1OC. The molecular weight excluding hydrogens is 292 g/mol. The van der Waals surface area contributed by atoms with Crippen LogP contribution in [0.5, 0.6) is 11.5 Å². The molecule has 3 unspecified atom stereocenters. The van der Waals surface area contributed by atoms with E-state index < -0.39 is 0 Å². The van der Waals surface area contributed by atoms with Gasteiger partial charge in [-0.05, 0) is 19.3 Å². The zero-order valence-electron chi connectivity index (χ0n) is 12.1. The minimum absolute atomic E-state index is 0.0174. The molecule has 2 saturated heterocycles. The number of carbonyl (C=O) groups is 1. The summed E-state index contributed by atoms with van der Waals surface area (Å²) >= 11 is 6.20. The molecule has 1 aromatic carbocycles. The maximum Gasteiger partial charge on any atom is 0.229 e. The lowest BCUT2D eigenvalue weighted by atomic mass is 9.88. The van der Waals surface area contributed by atoms with Crippen molar-refractivity contribution >= 4 is 23.2 Å². The molecule has 3 rings (SSSR count). The highest BCUT2D eigenvalue weighted by molar-refractivity contribution is 6.34. The van der Waals surface area contributed by atoms with Crippen LogP contribution in [0.25, 0.3) is 0 Å². The number of carbonyl (C=O) groups excluding carboxylic acids is 1. The molecule has 0 aliphatic carbocycles. The van der Waals surface area contributed by atoms with Gasteiger partial charge < -0.3 is 20.1 Å². The van der Waals surface area contributed by atoms with Gasteiger partial charge in [-0.1, -0.05) is 11.6 Å². The summed E-state index contributed by atoms with van der Waals surface area (Å²) in [5.41, 5.74) is 0.557. The zero-order valence-corrected chi connectivity index (χ0v) is 12.9. The Balaban J connectivity index is 1.76. The number of halogens is 1. The van der Waals surface area contributed by atoms with E-state index in [1.54, 1.807) is 26.4 Å². The molecule has 2 N–H and O–H groups in total. The zero-order chi connectivity index (χ0) is 15.0. The number of nitrogens with one attached hydrogen (secondary N) is 2. The molecule has 0 spiro atoms. The monoisotopic (exact) mass is 310 g/mol. The Morgan fingerprint density at radius 3 is 2.57 bits per heavy atom. The summed E-state index contributed by atoms with van der Waals surface area (Å²) in [6.45, 7) is 0. The molecular formula is C15H19ClN2O3. The van der Waals surface area contributed by atoms with Gasteiger partial charge in [-0.3, -0.25) is 4.79 Å². The number of anilines is 1. The van der Waals surface area contributed by atoms with Crippen molar-refractivity contribution < 1.29 is 14.3 Å². The second-order valence-electron chi connectivity index (χ2n) is 5.57. The largest absolute Gasteiger partial charge is 0.493 e. The summed E-state index contributed by atoms with van der Waals surface area (Å²) in [5.74, 6) is 1.13. The van der Waals surface area contributed by atoms with Crippen molar-refractivity contribution in [1.29, 1.82) is 0 Å². The van der Waals surface area contributed by atoms with Crippen LogP contribution in [-0.2, 0) is 4.79 Å². The van der Waals surface area contributed by atoms with Gasteiger partial charge >= 0.3 is 0 Å². The fourth-order valence-corrected chi connectivity index (χ4v) is 3.49. The van der Waals surface area contributed by atoms with E-state index in [2.05, 4.69) is 10.6 Å². The molecule has 2 aliphatic heterocycles. The minimum Gasteiger partial charge on any atom is -0.493 e. The van der Waals surface area contributed by atoms with Gasteiger partial charge in [-0.2, -0.15) is 0 Å². The number of benzene rings is 1. The average Bonchev–Trinajstić information content (AvgIpc) is 3.11. The maximum atomic E-state index is 12.4. The molecule has 2 heterocycles. The molecule has 5 nitrogen and oxygen atoms in total. The number of amides is 1. The molecule has 0 saturated carbocycles. The molecule has 1 aromatic rings. The first kappa shape index (κ1) is 14.5. The lowest BCUT2D eigenvalue weighted by molar-refractivity contribution is -0.120. The van der Waals surface area contributed by atoms with E-state index in [-0.39, 0.29) is 11.8 Å². The van der Waals surface area contributed by atoms with Gasteiger partial charge in [-0.15, -0.1) is 0 Å². The summed E-state index contributed by atoms with van der Waals surface area (Å²) in [4.78, 5) is 12.4. The standard InChI is InChI=1S/C15H19ClN2O3/c1-20-13-6-10(16)12(7-14(13)21-2)18-15(19)9-5-8-3-4-11(9)17-8/h6-9,11,17H,3-5H2,1-2H3,(H,18,19). The van der Waals surface area contributed by atoms with Gasteiger partial charge in [0.25, 0.3) is 0 Å². The fraction of sp³-hybridized carbons (Fsp3) is 0.533. The molecule has 21 heavy (non-hydrogen) atoms. The highest BCUT2D eigenvalue weighted by atomic mass is 35.5. The van der Waals surface area contributed by atoms with Crippen LogP contribution in [0.15, 0.2) is 12.1 Å². The second-order valence-corrected chi connectivity index (χ2v) is 5.97. The van der Waals surface area contributed by atoms with Crippen LogP contribution < -0.4 is 20.1 Å². The van der Waals surface area contributed by atoms with Crippen molar-refractivity contribution in [2.45, 2.75) is 31.3 Å². The molecule has 114 valence electrons. The van der Waals surface area contributed by atoms with Gasteiger partial charge in [0.05, 0.1) is 30.8 Å². The van der Waals surface area contributed by atoms with E-state index >= 15 is 0 Å². The molecule has 0 aromatic heterocycles. The third-order valence-electron chi connectivity index (χ3n) is 4.37. The van der Waals surface area contributed by atoms with E-state index in [1.807, 2.05) is 0 Å². The Morgan fingerprint density at radius 2 is 2.00 bits per heavy atom. The first-order valence-corrected chi connectivity index (χ1v) is 7.48. The number of hydrogen-bond acceptors (Lipinski definition) is 4. The fourth-order valence-electron chi connectivity index (χ4n) is 3.29. The molecule has 3 atom stereocenters. The molecule has 1 amide bonds. The summed E-state index contributed by atoms with van der Waals surface area (Å²) in [6.07, 6.45) is 3.15. The smallest absolute Gasteiger partial charge is 0.229 e. The van der Waals surface area contributed by atoms with Crippen LogP contribution in [0.2, 0.25) is 5.02 Å². The van der Waals surface area contributed by atoms with E-state index in [0.717, 1.165) is 12.8 Å². The number of ether oxygens (including phenoxy) is 2. The Bertz CT molecular complexity index is 564. The number of methoxy groups -OCH3 is 2. The van der Waals surface area contributed by atoms with Crippen molar-refractivity contribution in [2.75, 3.05) is 19.5 Å². The van der Waals surface area contributed by atoms with Gasteiger partial charge in [0.15, 0.2) is 11.5 Å². The highest BCUT2D eigenvalue weighted by Crippen LogP contribution is 2.38. The number of hydrogen-bond donors (Lipinski definition) is 2. The third kappa shape index (κ3) is 2.68. The predicted molar refractivity (Wildman–Crippen MR) is 81.2 cm³/mol. The van der Waals surface area contributed by atoms with Crippen LogP contribution in [0.3, 0.4) is 0 Å². The second kappa shape index (κ2) is 5.73. The Morgan fingerprint density at radius 1 is 1.29 bits per heavy atom. The van der Waals surface area contributed by atoms with Crippen molar-refractivity contribution in [3.63, 3.8) is 0 Å². The molecule has 6 heteroatoms. The first-order chi connectivity index (χ1) is 10.1. The average molecular weight is 311 g/mol. The van der Waals surface area contributed by atoms with Crippen molar-refractivity contribution in [2.24, 2.45) is 5.92 Å². The van der Waals surface area contributed by atoms with Crippen LogP contribution in [0.4, 0.5) is 5.69 Å². The minimum atomic E-state index is 0.0174. The summed E-state index contributed by atoms with van der Waals surface area (Å²) in [6, 6.07) is 4.13. The molecule has 2 fully saturated rings. The summed E-state index contributed by atoms with van der Waals surface area (Å²) in [7, 11) is 3.10. The summed E-state index contributed by atoms with van der Waals surface area (Å²) in [5, 5.41) is 6.82. The van der Waals surface area contributed by atoms with Crippen LogP contribution in [0, 0.1) is 5.92 Å². The predicted octanol–water partition coefficient (Wildman–Crippen LogP) is 2.44. The van der Waals surface area contributed by atoms with Crippen molar-refractivity contribution in [3.05, 3.63) is 17.2 Å². The lowest BCUT2D eigenvalue weighted by Gasteiger charge is -2.20. The number of fused-ring (bicyclic) bond motifs is 2. The Hall–Kier alpha value is -1.46.